The number of hydrogen-bond donors (Lipinski definition) is 3. The summed E-state index contributed by atoms with van der Waals surface area (Å²) in [5.41, 5.74) is 1.26. The fourth-order valence-corrected chi connectivity index (χ4v) is 1.64. The number of carboxylic acid groups (broad SMARTS) is 1. The molecule has 0 saturated carbocycles. The van der Waals surface area contributed by atoms with Gasteiger partial charge in [-0.05, 0) is 17.7 Å². The zero-order valence-corrected chi connectivity index (χ0v) is 11.6. The van der Waals surface area contributed by atoms with Gasteiger partial charge in [-0.15, -0.1) is 0 Å². The Morgan fingerprint density at radius 1 is 1.48 bits per heavy atom. The van der Waals surface area contributed by atoms with Crippen LogP contribution in [0.1, 0.15) is 17.5 Å². The highest BCUT2D eigenvalue weighted by molar-refractivity contribution is 5.82. The maximum Gasteiger partial charge on any atom is 0.326 e. The molecular weight excluding hydrogens is 274 g/mol. The van der Waals surface area contributed by atoms with Gasteiger partial charge in [0.2, 0.25) is 0 Å². The van der Waals surface area contributed by atoms with Gasteiger partial charge in [0.25, 0.3) is 0 Å². The van der Waals surface area contributed by atoms with E-state index in [9.17, 15) is 9.59 Å². The van der Waals surface area contributed by atoms with Crippen molar-refractivity contribution in [2.24, 2.45) is 0 Å². The molecule has 112 valence electrons. The van der Waals surface area contributed by atoms with Crippen LogP contribution in [0.2, 0.25) is 0 Å². The van der Waals surface area contributed by atoms with Crippen LogP contribution in [0.25, 0.3) is 0 Å². The van der Waals surface area contributed by atoms with E-state index in [0.717, 1.165) is 5.56 Å². The number of ether oxygens (including phenoxy) is 1. The Hall–Kier alpha value is -2.59. The van der Waals surface area contributed by atoms with Gasteiger partial charge in [-0.25, -0.2) is 9.59 Å². The molecule has 3 N–H and O–H groups in total. The normalized spacial score (nSPS) is 11.2. The lowest BCUT2D eigenvalue weighted by Gasteiger charge is -2.14. The van der Waals surface area contributed by atoms with E-state index >= 15 is 0 Å². The van der Waals surface area contributed by atoms with Crippen LogP contribution in [-0.2, 0) is 16.1 Å². The maximum absolute atomic E-state index is 11.7. The first kappa shape index (κ1) is 16.5. The van der Waals surface area contributed by atoms with Crippen LogP contribution in [0, 0.1) is 11.3 Å². The number of urea groups is 1. The number of aliphatic carboxylic acids is 1. The Kier molecular flexibility index (Phi) is 6.71. The van der Waals surface area contributed by atoms with Crippen molar-refractivity contribution in [1.29, 1.82) is 5.26 Å². The average Bonchev–Trinajstić information content (AvgIpc) is 2.49. The second-order valence-corrected chi connectivity index (χ2v) is 4.31. The van der Waals surface area contributed by atoms with Crippen LogP contribution >= 0.6 is 0 Å². The first-order valence-corrected chi connectivity index (χ1v) is 6.32. The summed E-state index contributed by atoms with van der Waals surface area (Å²) in [6, 6.07) is 7.21. The van der Waals surface area contributed by atoms with Gasteiger partial charge in [0, 0.05) is 26.7 Å². The third-order valence-corrected chi connectivity index (χ3v) is 2.72. The van der Waals surface area contributed by atoms with Gasteiger partial charge < -0.3 is 20.5 Å². The number of nitrogens with one attached hydrogen (secondary N) is 2. The zero-order chi connectivity index (χ0) is 15.7. The van der Waals surface area contributed by atoms with E-state index in [0.29, 0.717) is 5.56 Å². The number of benzene rings is 1. The molecule has 0 heterocycles. The molecule has 0 radical (unpaired) electrons. The number of hydrogen-bond acceptors (Lipinski definition) is 4. The number of carbonyl (C=O) groups is 2. The van der Waals surface area contributed by atoms with Crippen LogP contribution in [-0.4, -0.2) is 36.9 Å². The molecule has 7 heteroatoms. The number of carbonyl (C=O) groups excluding carboxylic acids is 1. The topological polar surface area (TPSA) is 111 Å². The van der Waals surface area contributed by atoms with Crippen molar-refractivity contribution in [2.45, 2.75) is 19.0 Å². The van der Waals surface area contributed by atoms with Gasteiger partial charge in [0.15, 0.2) is 0 Å². The van der Waals surface area contributed by atoms with Crippen molar-refractivity contribution in [2.75, 3.05) is 13.7 Å². The Morgan fingerprint density at radius 2 is 2.24 bits per heavy atom. The van der Waals surface area contributed by atoms with Crippen molar-refractivity contribution in [1.82, 2.24) is 10.6 Å². The number of rotatable bonds is 7. The SMILES string of the molecule is COCCC(NC(=O)NCc1cccc(C#N)c1)C(=O)O. The van der Waals surface area contributed by atoms with E-state index < -0.39 is 18.0 Å². The lowest BCUT2D eigenvalue weighted by molar-refractivity contribution is -0.139. The van der Waals surface area contributed by atoms with E-state index in [1.165, 1.54) is 7.11 Å². The average molecular weight is 291 g/mol. The van der Waals surface area contributed by atoms with Gasteiger partial charge in [0.1, 0.15) is 6.04 Å². The van der Waals surface area contributed by atoms with Gasteiger partial charge in [-0.2, -0.15) is 5.26 Å². The molecule has 0 bridgehead atoms. The Labute approximate surface area is 122 Å². The van der Waals surface area contributed by atoms with E-state index in [-0.39, 0.29) is 19.6 Å². The summed E-state index contributed by atoms with van der Waals surface area (Å²) in [4.78, 5) is 22.6. The predicted molar refractivity (Wildman–Crippen MR) is 74.4 cm³/mol. The van der Waals surface area contributed by atoms with E-state index in [1.54, 1.807) is 24.3 Å². The fraction of sp³-hybridized carbons (Fsp3) is 0.357. The molecule has 0 aliphatic rings. The quantitative estimate of drug-likeness (QED) is 0.689. The molecule has 1 rings (SSSR count). The van der Waals surface area contributed by atoms with E-state index in [1.807, 2.05) is 6.07 Å². The Bertz CT molecular complexity index is 539. The fourth-order valence-electron chi connectivity index (χ4n) is 1.64. The number of amides is 2. The summed E-state index contributed by atoms with van der Waals surface area (Å²) in [7, 11) is 1.46. The summed E-state index contributed by atoms with van der Waals surface area (Å²) in [5.74, 6) is -1.12. The lowest BCUT2D eigenvalue weighted by Crippen LogP contribution is -2.46. The third-order valence-electron chi connectivity index (χ3n) is 2.72. The van der Waals surface area contributed by atoms with E-state index in [2.05, 4.69) is 10.6 Å². The molecule has 21 heavy (non-hydrogen) atoms. The summed E-state index contributed by atoms with van der Waals surface area (Å²) in [6.45, 7) is 0.444. The number of carboxylic acids is 1. The van der Waals surface area contributed by atoms with Crippen molar-refractivity contribution < 1.29 is 19.4 Å². The first-order chi connectivity index (χ1) is 10.1. The molecule has 2 amide bonds. The second-order valence-electron chi connectivity index (χ2n) is 4.31. The molecular formula is C14H17N3O4. The highest BCUT2D eigenvalue weighted by atomic mass is 16.5. The van der Waals surface area contributed by atoms with Crippen LogP contribution in [0.3, 0.4) is 0 Å². The minimum Gasteiger partial charge on any atom is -0.480 e. The molecule has 1 unspecified atom stereocenters. The summed E-state index contributed by atoms with van der Waals surface area (Å²) < 4.78 is 4.79. The van der Waals surface area contributed by atoms with Gasteiger partial charge >= 0.3 is 12.0 Å². The zero-order valence-electron chi connectivity index (χ0n) is 11.6. The summed E-state index contributed by atoms with van der Waals surface area (Å²) >= 11 is 0. The molecule has 0 spiro atoms. The maximum atomic E-state index is 11.7. The lowest BCUT2D eigenvalue weighted by atomic mass is 10.1. The third kappa shape index (κ3) is 5.93. The molecule has 7 nitrogen and oxygen atoms in total. The summed E-state index contributed by atoms with van der Waals surface area (Å²) in [6.07, 6.45) is 0.184. The molecule has 1 aromatic carbocycles. The molecule has 1 atom stereocenters. The minimum absolute atomic E-state index is 0.184. The monoisotopic (exact) mass is 291 g/mol. The molecule has 1 aromatic rings. The number of methoxy groups -OCH3 is 1. The molecule has 0 aromatic heterocycles. The van der Waals surface area contributed by atoms with Crippen LogP contribution in [0.15, 0.2) is 24.3 Å². The van der Waals surface area contributed by atoms with Gasteiger partial charge in [0.05, 0.1) is 11.6 Å². The standard InChI is InChI=1S/C14H17N3O4/c1-21-6-5-12(13(18)19)17-14(20)16-9-11-4-2-3-10(7-11)8-15/h2-4,7,12H,5-6,9H2,1H3,(H,18,19)(H2,16,17,20). The van der Waals surface area contributed by atoms with Crippen LogP contribution < -0.4 is 10.6 Å². The first-order valence-electron chi connectivity index (χ1n) is 6.32. The van der Waals surface area contributed by atoms with Crippen LogP contribution in [0.4, 0.5) is 4.79 Å². The Morgan fingerprint density at radius 3 is 2.86 bits per heavy atom. The largest absolute Gasteiger partial charge is 0.480 e. The smallest absolute Gasteiger partial charge is 0.326 e. The number of nitriles is 1. The number of nitrogens with zero attached hydrogens (tertiary/aromatic N) is 1. The van der Waals surface area contributed by atoms with Gasteiger partial charge in [-0.1, -0.05) is 12.1 Å². The molecule has 0 aliphatic carbocycles. The van der Waals surface area contributed by atoms with Crippen molar-refractivity contribution >= 4 is 12.0 Å². The molecule has 0 fully saturated rings. The van der Waals surface area contributed by atoms with Crippen LogP contribution in [0.5, 0.6) is 0 Å². The Balaban J connectivity index is 2.48. The van der Waals surface area contributed by atoms with Crippen molar-refractivity contribution in [3.8, 4) is 6.07 Å². The minimum atomic E-state index is -1.12. The van der Waals surface area contributed by atoms with E-state index in [4.69, 9.17) is 15.1 Å². The predicted octanol–water partition coefficient (Wildman–Crippen LogP) is 0.847. The second kappa shape index (κ2) is 8.55. The van der Waals surface area contributed by atoms with Crippen molar-refractivity contribution in [3.05, 3.63) is 35.4 Å². The van der Waals surface area contributed by atoms with Crippen molar-refractivity contribution in [3.63, 3.8) is 0 Å². The highest BCUT2D eigenvalue weighted by Gasteiger charge is 2.19. The summed E-state index contributed by atoms with van der Waals surface area (Å²) in [5, 5.41) is 22.6. The molecule has 0 aliphatic heterocycles. The van der Waals surface area contributed by atoms with Gasteiger partial charge in [-0.3, -0.25) is 0 Å². The molecule has 0 saturated heterocycles. The highest BCUT2D eigenvalue weighted by Crippen LogP contribution is 2.03.